The fourth-order valence-corrected chi connectivity index (χ4v) is 2.75. The molecular weight excluding hydrogens is 274 g/mol. The third-order valence-corrected chi connectivity index (χ3v) is 4.11. The van der Waals surface area contributed by atoms with E-state index in [1.54, 1.807) is 7.05 Å². The van der Waals surface area contributed by atoms with E-state index in [2.05, 4.69) is 15.6 Å². The van der Waals surface area contributed by atoms with Crippen LogP contribution >= 0.6 is 0 Å². The van der Waals surface area contributed by atoms with Crippen molar-refractivity contribution in [3.05, 3.63) is 11.8 Å². The molecule has 4 atom stereocenters. The van der Waals surface area contributed by atoms with E-state index in [0.717, 1.165) is 0 Å². The molecule has 1 aromatic rings. The minimum atomic E-state index is -0.255. The number of nitrogens with zero attached hydrogens (tertiary/aromatic N) is 3. The van der Waals surface area contributed by atoms with Crippen molar-refractivity contribution in [2.24, 2.45) is 29.8 Å². The van der Waals surface area contributed by atoms with Gasteiger partial charge >= 0.3 is 0 Å². The Bertz CT molecular complexity index is 568. The summed E-state index contributed by atoms with van der Waals surface area (Å²) in [4.78, 5) is 12.5. The lowest BCUT2D eigenvalue weighted by Crippen LogP contribution is -2.33. The smallest absolute Gasteiger partial charge is 0.231 e. The molecular formula is C13H21N5O3. The Kier molecular flexibility index (Phi) is 4.17. The van der Waals surface area contributed by atoms with Crippen LogP contribution in [0.1, 0.15) is 26.3 Å². The van der Waals surface area contributed by atoms with E-state index in [1.807, 2.05) is 20.8 Å². The summed E-state index contributed by atoms with van der Waals surface area (Å²) in [7, 11) is 1.67. The van der Waals surface area contributed by atoms with Gasteiger partial charge in [0.25, 0.3) is 0 Å². The fraction of sp³-hybridized carbons (Fsp3) is 0.615. The van der Waals surface area contributed by atoms with Gasteiger partial charge < -0.3 is 21.0 Å². The van der Waals surface area contributed by atoms with Crippen molar-refractivity contribution in [3.63, 3.8) is 0 Å². The van der Waals surface area contributed by atoms with E-state index in [0.29, 0.717) is 11.4 Å². The van der Waals surface area contributed by atoms with Crippen molar-refractivity contribution >= 4 is 17.6 Å². The summed E-state index contributed by atoms with van der Waals surface area (Å²) >= 11 is 0. The lowest BCUT2D eigenvalue weighted by Gasteiger charge is -2.18. The predicted molar refractivity (Wildman–Crippen MR) is 77.0 cm³/mol. The van der Waals surface area contributed by atoms with Gasteiger partial charge in [0.05, 0.1) is 29.9 Å². The molecule has 0 aliphatic carbocycles. The Morgan fingerprint density at radius 1 is 1.48 bits per heavy atom. The highest BCUT2D eigenvalue weighted by Crippen LogP contribution is 2.33. The van der Waals surface area contributed by atoms with E-state index < -0.39 is 0 Å². The van der Waals surface area contributed by atoms with Crippen LogP contribution in [0.25, 0.3) is 0 Å². The van der Waals surface area contributed by atoms with Gasteiger partial charge in [-0.2, -0.15) is 5.10 Å². The van der Waals surface area contributed by atoms with Crippen LogP contribution in [0.4, 0.5) is 5.82 Å². The van der Waals surface area contributed by atoms with Crippen LogP contribution in [0.2, 0.25) is 0 Å². The Morgan fingerprint density at radius 2 is 2.14 bits per heavy atom. The highest BCUT2D eigenvalue weighted by atomic mass is 16.5. The number of oxime groups is 1. The number of carbonyl (C=O) groups is 1. The molecule has 1 amide bonds. The first-order chi connectivity index (χ1) is 9.86. The van der Waals surface area contributed by atoms with Gasteiger partial charge in [0.15, 0.2) is 5.84 Å². The van der Waals surface area contributed by atoms with Crippen molar-refractivity contribution < 1.29 is 14.7 Å². The van der Waals surface area contributed by atoms with Crippen LogP contribution in [-0.4, -0.2) is 38.9 Å². The Hall–Kier alpha value is -2.09. The lowest BCUT2D eigenvalue weighted by molar-refractivity contribution is -0.122. The molecule has 1 aromatic heterocycles. The summed E-state index contributed by atoms with van der Waals surface area (Å²) in [5.74, 6) is -0.00435. The van der Waals surface area contributed by atoms with Crippen LogP contribution in [0.3, 0.4) is 0 Å². The van der Waals surface area contributed by atoms with Crippen molar-refractivity contribution in [1.82, 2.24) is 9.78 Å². The fourth-order valence-electron chi connectivity index (χ4n) is 2.75. The molecule has 0 spiro atoms. The first kappa shape index (κ1) is 15.3. The average Bonchev–Trinajstić information content (AvgIpc) is 2.90. The molecule has 4 N–H and O–H groups in total. The van der Waals surface area contributed by atoms with Crippen molar-refractivity contribution in [1.29, 1.82) is 0 Å². The molecule has 1 aliphatic rings. The van der Waals surface area contributed by atoms with Gasteiger partial charge in [-0.15, -0.1) is 0 Å². The van der Waals surface area contributed by atoms with Crippen LogP contribution in [0.5, 0.6) is 0 Å². The number of ether oxygens (including phenoxy) is 1. The highest BCUT2D eigenvalue weighted by molar-refractivity contribution is 6.05. The predicted octanol–water partition coefficient (Wildman–Crippen LogP) is 0.513. The third-order valence-electron chi connectivity index (χ3n) is 4.11. The second-order valence-electron chi connectivity index (χ2n) is 5.44. The van der Waals surface area contributed by atoms with Crippen molar-refractivity contribution in [2.45, 2.75) is 33.0 Å². The summed E-state index contributed by atoms with van der Waals surface area (Å²) in [6, 6.07) is 0. The van der Waals surface area contributed by atoms with Crippen LogP contribution in [-0.2, 0) is 16.6 Å². The van der Waals surface area contributed by atoms with E-state index in [9.17, 15) is 4.79 Å². The number of nitrogens with one attached hydrogen (secondary N) is 1. The average molecular weight is 295 g/mol. The molecule has 116 valence electrons. The van der Waals surface area contributed by atoms with Gasteiger partial charge in [-0.1, -0.05) is 12.1 Å². The minimum Gasteiger partial charge on any atom is -0.409 e. The zero-order valence-electron chi connectivity index (χ0n) is 12.6. The van der Waals surface area contributed by atoms with E-state index in [1.165, 1.54) is 10.9 Å². The maximum Gasteiger partial charge on any atom is 0.231 e. The molecule has 1 fully saturated rings. The minimum absolute atomic E-state index is 0.0332. The summed E-state index contributed by atoms with van der Waals surface area (Å²) in [5.41, 5.74) is 5.96. The number of aryl methyl sites for hydroxylation is 1. The zero-order chi connectivity index (χ0) is 15.7. The van der Waals surface area contributed by atoms with Gasteiger partial charge in [-0.3, -0.25) is 9.48 Å². The molecule has 21 heavy (non-hydrogen) atoms. The van der Waals surface area contributed by atoms with Gasteiger partial charge in [0, 0.05) is 7.05 Å². The molecule has 1 saturated heterocycles. The summed E-state index contributed by atoms with van der Waals surface area (Å²) in [6.45, 7) is 5.84. The van der Waals surface area contributed by atoms with Crippen molar-refractivity contribution in [3.8, 4) is 0 Å². The summed E-state index contributed by atoms with van der Waals surface area (Å²) in [6.07, 6.45) is 1.31. The standard InChI is InChI=1S/C13H21N5O3/c1-6-7(2)21-8(3)10(6)13(19)16-12-9(11(14)17-20)5-15-18(12)4/h5-8,10,20H,1-4H3,(H2,14,17)(H,16,19). The second-order valence-corrected chi connectivity index (χ2v) is 5.44. The molecule has 1 aliphatic heterocycles. The first-order valence-corrected chi connectivity index (χ1v) is 6.83. The van der Waals surface area contributed by atoms with Crippen LogP contribution < -0.4 is 11.1 Å². The largest absolute Gasteiger partial charge is 0.409 e. The molecule has 8 heteroatoms. The molecule has 2 rings (SSSR count). The van der Waals surface area contributed by atoms with Gasteiger partial charge in [-0.05, 0) is 19.8 Å². The maximum absolute atomic E-state index is 12.5. The molecule has 0 aromatic carbocycles. The van der Waals surface area contributed by atoms with Gasteiger partial charge in [0.1, 0.15) is 5.82 Å². The Balaban J connectivity index is 2.23. The molecule has 2 heterocycles. The SMILES string of the molecule is CC1OC(C)C(C(=O)Nc2c(C(N)=NO)cnn2C)C1C. The lowest BCUT2D eigenvalue weighted by atomic mass is 9.89. The summed E-state index contributed by atoms with van der Waals surface area (Å²) < 4.78 is 7.16. The highest BCUT2D eigenvalue weighted by Gasteiger charge is 2.41. The molecule has 0 bridgehead atoms. The zero-order valence-corrected chi connectivity index (χ0v) is 12.6. The second kappa shape index (κ2) is 5.72. The molecule has 0 saturated carbocycles. The Morgan fingerprint density at radius 3 is 2.67 bits per heavy atom. The molecule has 4 unspecified atom stereocenters. The van der Waals surface area contributed by atoms with Gasteiger partial charge in [0.2, 0.25) is 5.91 Å². The molecule has 0 radical (unpaired) electrons. The first-order valence-electron chi connectivity index (χ1n) is 6.83. The van der Waals surface area contributed by atoms with Gasteiger partial charge in [-0.25, -0.2) is 0 Å². The number of nitrogens with two attached hydrogens (primary N) is 1. The number of hydrogen-bond donors (Lipinski definition) is 3. The van der Waals surface area contributed by atoms with E-state index in [-0.39, 0.29) is 35.8 Å². The topological polar surface area (TPSA) is 115 Å². The van der Waals surface area contributed by atoms with Crippen LogP contribution in [0.15, 0.2) is 11.4 Å². The number of aromatic nitrogens is 2. The number of carbonyl (C=O) groups excluding carboxylic acids is 1. The monoisotopic (exact) mass is 295 g/mol. The Labute approximate surface area is 122 Å². The normalized spacial score (nSPS) is 29.6. The molecule has 8 nitrogen and oxygen atoms in total. The summed E-state index contributed by atoms with van der Waals surface area (Å²) in [5, 5.41) is 18.5. The van der Waals surface area contributed by atoms with E-state index >= 15 is 0 Å². The third kappa shape index (κ3) is 2.71. The quantitative estimate of drug-likeness (QED) is 0.325. The van der Waals surface area contributed by atoms with E-state index in [4.69, 9.17) is 15.7 Å². The number of amides is 1. The van der Waals surface area contributed by atoms with Crippen molar-refractivity contribution in [2.75, 3.05) is 5.32 Å². The number of anilines is 1. The number of hydrogen-bond acceptors (Lipinski definition) is 5. The number of rotatable bonds is 3. The van der Waals surface area contributed by atoms with Crippen LogP contribution in [0, 0.1) is 11.8 Å². The number of amidine groups is 1. The maximum atomic E-state index is 12.5.